The van der Waals surface area contributed by atoms with Crippen molar-refractivity contribution in [1.29, 1.82) is 0 Å². The number of pyridine rings is 1. The molecule has 0 spiro atoms. The van der Waals surface area contributed by atoms with Crippen LogP contribution >= 0.6 is 0 Å². The molecule has 3 N–H and O–H groups in total. The lowest BCUT2D eigenvalue weighted by Crippen LogP contribution is -2.32. The molecule has 1 aromatic carbocycles. The van der Waals surface area contributed by atoms with E-state index in [0.717, 1.165) is 5.56 Å². The number of nitro groups is 1. The van der Waals surface area contributed by atoms with E-state index in [1.165, 1.54) is 12.1 Å². The van der Waals surface area contributed by atoms with Gasteiger partial charge in [0.25, 0.3) is 5.69 Å². The number of carboxylic acids is 1. The molecule has 3 aromatic rings. The van der Waals surface area contributed by atoms with Gasteiger partial charge in [-0.1, -0.05) is 18.2 Å². The van der Waals surface area contributed by atoms with Crippen LogP contribution in [0.5, 0.6) is 0 Å². The van der Waals surface area contributed by atoms with Crippen molar-refractivity contribution in [3.05, 3.63) is 64.0 Å². The lowest BCUT2D eigenvalue weighted by molar-refractivity contribution is -0.384. The maximum Gasteiger partial charge on any atom is 0.320 e. The molecule has 1 atom stereocenters. The van der Waals surface area contributed by atoms with Crippen molar-refractivity contribution in [2.45, 2.75) is 19.4 Å². The van der Waals surface area contributed by atoms with Gasteiger partial charge in [0.05, 0.1) is 16.3 Å². The van der Waals surface area contributed by atoms with E-state index in [-0.39, 0.29) is 12.1 Å². The number of carbonyl (C=O) groups is 1. The molecule has 0 radical (unpaired) electrons. The SMILES string of the molecule is Cc1ccc2nc(-c3cccc([N+](=O)[O-])c3)c(CC(N)C(=O)O)n2c1. The van der Waals surface area contributed by atoms with Crippen LogP contribution in [-0.2, 0) is 11.2 Å². The first-order chi connectivity index (χ1) is 11.9. The second kappa shape index (κ2) is 6.33. The Morgan fingerprint density at radius 1 is 1.40 bits per heavy atom. The summed E-state index contributed by atoms with van der Waals surface area (Å²) in [7, 11) is 0. The number of nitro benzene ring substituents is 1. The van der Waals surface area contributed by atoms with Crippen LogP contribution in [0.3, 0.4) is 0 Å². The van der Waals surface area contributed by atoms with Crippen molar-refractivity contribution in [1.82, 2.24) is 9.38 Å². The Kier molecular flexibility index (Phi) is 4.20. The smallest absolute Gasteiger partial charge is 0.320 e. The first kappa shape index (κ1) is 16.6. The van der Waals surface area contributed by atoms with Crippen molar-refractivity contribution in [2.24, 2.45) is 5.73 Å². The zero-order chi connectivity index (χ0) is 18.1. The molecule has 0 fully saturated rings. The van der Waals surface area contributed by atoms with Gasteiger partial charge in [0, 0.05) is 30.3 Å². The molecule has 2 heterocycles. The highest BCUT2D eigenvalue weighted by molar-refractivity contribution is 5.75. The number of nitrogens with zero attached hydrogens (tertiary/aromatic N) is 3. The first-order valence-electron chi connectivity index (χ1n) is 7.57. The van der Waals surface area contributed by atoms with Gasteiger partial charge in [-0.25, -0.2) is 4.98 Å². The van der Waals surface area contributed by atoms with E-state index in [9.17, 15) is 14.9 Å². The monoisotopic (exact) mass is 340 g/mol. The van der Waals surface area contributed by atoms with E-state index in [1.54, 1.807) is 16.5 Å². The molecule has 0 aliphatic rings. The summed E-state index contributed by atoms with van der Waals surface area (Å²) >= 11 is 0. The highest BCUT2D eigenvalue weighted by Crippen LogP contribution is 2.28. The molecule has 8 heteroatoms. The van der Waals surface area contributed by atoms with E-state index in [2.05, 4.69) is 4.98 Å². The van der Waals surface area contributed by atoms with E-state index >= 15 is 0 Å². The van der Waals surface area contributed by atoms with Crippen LogP contribution in [0.4, 0.5) is 5.69 Å². The largest absolute Gasteiger partial charge is 0.480 e. The molecular formula is C17H16N4O4. The molecule has 128 valence electrons. The molecule has 8 nitrogen and oxygen atoms in total. The number of aromatic nitrogens is 2. The van der Waals surface area contributed by atoms with Gasteiger partial charge in [0.1, 0.15) is 11.7 Å². The van der Waals surface area contributed by atoms with Crippen LogP contribution in [-0.4, -0.2) is 31.4 Å². The van der Waals surface area contributed by atoms with Crippen LogP contribution in [0.15, 0.2) is 42.6 Å². The Morgan fingerprint density at radius 2 is 2.16 bits per heavy atom. The number of fused-ring (bicyclic) bond motifs is 1. The standard InChI is InChI=1S/C17H16N4O4/c1-10-5-6-15-19-16(11-3-2-4-12(7-11)21(24)25)14(20(15)9-10)8-13(18)17(22)23/h2-7,9,13H,8,18H2,1H3,(H,22,23). The third-order valence-electron chi connectivity index (χ3n) is 3.93. The fraction of sp³-hybridized carbons (Fsp3) is 0.176. The average molecular weight is 340 g/mol. The van der Waals surface area contributed by atoms with Crippen molar-refractivity contribution in [2.75, 3.05) is 0 Å². The summed E-state index contributed by atoms with van der Waals surface area (Å²) in [6.45, 7) is 1.91. The minimum absolute atomic E-state index is 0.0536. The maximum absolute atomic E-state index is 11.2. The molecule has 0 aliphatic heterocycles. The number of hydrogen-bond acceptors (Lipinski definition) is 5. The second-order valence-electron chi connectivity index (χ2n) is 5.80. The number of benzene rings is 1. The molecule has 0 saturated carbocycles. The minimum atomic E-state index is -1.12. The predicted molar refractivity (Wildman–Crippen MR) is 91.3 cm³/mol. The number of non-ortho nitro benzene ring substituents is 1. The fourth-order valence-corrected chi connectivity index (χ4v) is 2.69. The molecule has 0 amide bonds. The highest BCUT2D eigenvalue weighted by atomic mass is 16.6. The zero-order valence-corrected chi connectivity index (χ0v) is 13.4. The third-order valence-corrected chi connectivity index (χ3v) is 3.93. The summed E-state index contributed by atoms with van der Waals surface area (Å²) in [6.07, 6.45) is 1.89. The lowest BCUT2D eigenvalue weighted by atomic mass is 10.0. The van der Waals surface area contributed by atoms with Gasteiger partial charge in [0.15, 0.2) is 0 Å². The van der Waals surface area contributed by atoms with Gasteiger partial charge in [-0.15, -0.1) is 0 Å². The summed E-state index contributed by atoms with van der Waals surface area (Å²) in [5.41, 5.74) is 8.90. The van der Waals surface area contributed by atoms with Crippen LogP contribution in [0.25, 0.3) is 16.9 Å². The Balaban J connectivity index is 2.21. The summed E-state index contributed by atoms with van der Waals surface area (Å²) in [5, 5.41) is 20.2. The lowest BCUT2D eigenvalue weighted by Gasteiger charge is -2.09. The van der Waals surface area contributed by atoms with Crippen molar-refractivity contribution < 1.29 is 14.8 Å². The Labute approximate surface area is 142 Å². The van der Waals surface area contributed by atoms with Crippen molar-refractivity contribution >= 4 is 17.3 Å². The first-order valence-corrected chi connectivity index (χ1v) is 7.57. The zero-order valence-electron chi connectivity index (χ0n) is 13.4. The Bertz CT molecular complexity index is 980. The van der Waals surface area contributed by atoms with Crippen molar-refractivity contribution in [3.63, 3.8) is 0 Å². The highest BCUT2D eigenvalue weighted by Gasteiger charge is 2.21. The molecule has 25 heavy (non-hydrogen) atoms. The predicted octanol–water partition coefficient (Wildman–Crippen LogP) is 2.17. The van der Waals surface area contributed by atoms with Gasteiger partial charge in [-0.3, -0.25) is 14.9 Å². The number of carboxylic acid groups (broad SMARTS) is 1. The van der Waals surface area contributed by atoms with Crippen LogP contribution in [0, 0.1) is 17.0 Å². The molecular weight excluding hydrogens is 324 g/mol. The molecule has 0 bridgehead atoms. The van der Waals surface area contributed by atoms with Gasteiger partial charge < -0.3 is 15.2 Å². The topological polar surface area (TPSA) is 124 Å². The maximum atomic E-state index is 11.2. The molecule has 3 rings (SSSR count). The molecule has 0 aliphatic carbocycles. The molecule has 2 aromatic heterocycles. The number of aryl methyl sites for hydroxylation is 1. The Morgan fingerprint density at radius 3 is 2.84 bits per heavy atom. The summed E-state index contributed by atoms with van der Waals surface area (Å²) in [5.74, 6) is -1.12. The quantitative estimate of drug-likeness (QED) is 0.542. The van der Waals surface area contributed by atoms with E-state index < -0.39 is 16.9 Å². The number of rotatable bonds is 5. The molecule has 0 saturated heterocycles. The average Bonchev–Trinajstić information content (AvgIpc) is 2.92. The van der Waals surface area contributed by atoms with E-state index in [1.807, 2.05) is 25.3 Å². The number of hydrogen-bond donors (Lipinski definition) is 2. The summed E-state index contributed by atoms with van der Waals surface area (Å²) < 4.78 is 1.78. The van der Waals surface area contributed by atoms with Gasteiger partial charge in [-0.05, 0) is 18.6 Å². The summed E-state index contributed by atoms with van der Waals surface area (Å²) in [6, 6.07) is 8.70. The normalized spacial score (nSPS) is 12.2. The van der Waals surface area contributed by atoms with Gasteiger partial charge >= 0.3 is 5.97 Å². The molecule has 1 unspecified atom stereocenters. The van der Waals surface area contributed by atoms with E-state index in [0.29, 0.717) is 22.6 Å². The van der Waals surface area contributed by atoms with Gasteiger partial charge in [-0.2, -0.15) is 0 Å². The van der Waals surface area contributed by atoms with Crippen LogP contribution < -0.4 is 5.73 Å². The van der Waals surface area contributed by atoms with Gasteiger partial charge in [0.2, 0.25) is 0 Å². The Hall–Kier alpha value is -3.26. The second-order valence-corrected chi connectivity index (χ2v) is 5.80. The van der Waals surface area contributed by atoms with E-state index in [4.69, 9.17) is 10.8 Å². The number of imidazole rings is 1. The van der Waals surface area contributed by atoms with Crippen LogP contribution in [0.2, 0.25) is 0 Å². The fourth-order valence-electron chi connectivity index (χ4n) is 2.69. The van der Waals surface area contributed by atoms with Crippen molar-refractivity contribution in [3.8, 4) is 11.3 Å². The number of aliphatic carboxylic acids is 1. The number of nitrogens with two attached hydrogens (primary N) is 1. The van der Waals surface area contributed by atoms with Crippen LogP contribution in [0.1, 0.15) is 11.3 Å². The minimum Gasteiger partial charge on any atom is -0.480 e. The third kappa shape index (κ3) is 3.20. The summed E-state index contributed by atoms with van der Waals surface area (Å²) in [4.78, 5) is 26.3.